The molecule has 15 heavy (non-hydrogen) atoms. The van der Waals surface area contributed by atoms with Gasteiger partial charge in [0.2, 0.25) is 0 Å². The minimum Gasteiger partial charge on any atom is -0.457 e. The first kappa shape index (κ1) is 11.1. The summed E-state index contributed by atoms with van der Waals surface area (Å²) in [5.74, 6) is 1.54. The highest BCUT2D eigenvalue weighted by molar-refractivity contribution is 6.15. The number of nitrogens with one attached hydrogen (secondary N) is 1. The lowest BCUT2D eigenvalue weighted by Gasteiger charge is -1.98. The summed E-state index contributed by atoms with van der Waals surface area (Å²) in [4.78, 5) is 11.4. The summed E-state index contributed by atoms with van der Waals surface area (Å²) in [7, 11) is 0. The Morgan fingerprint density at radius 1 is 1.53 bits per heavy atom. The van der Waals surface area contributed by atoms with E-state index in [0.717, 1.165) is 5.56 Å². The first-order chi connectivity index (χ1) is 7.19. The van der Waals surface area contributed by atoms with Crippen LogP contribution in [0.3, 0.4) is 0 Å². The lowest BCUT2D eigenvalue weighted by atomic mass is 10.3. The van der Waals surface area contributed by atoms with Gasteiger partial charge in [-0.25, -0.2) is 4.79 Å². The monoisotopic (exact) mass is 205 g/mol. The number of ether oxygens (including phenoxy) is 1. The summed E-state index contributed by atoms with van der Waals surface area (Å²) < 4.78 is 6.31. The van der Waals surface area contributed by atoms with Gasteiger partial charge in [0.1, 0.15) is 0 Å². The van der Waals surface area contributed by atoms with Gasteiger partial charge in [0, 0.05) is 12.1 Å². The average molecular weight is 205 g/mol. The van der Waals surface area contributed by atoms with Gasteiger partial charge in [0.25, 0.3) is 0 Å². The van der Waals surface area contributed by atoms with E-state index in [-0.39, 0.29) is 12.3 Å². The van der Waals surface area contributed by atoms with Crippen molar-refractivity contribution >= 4 is 17.5 Å². The van der Waals surface area contributed by atoms with Crippen molar-refractivity contribution in [3.05, 3.63) is 30.1 Å². The van der Waals surface area contributed by atoms with Crippen LogP contribution >= 0.6 is 0 Å². The maximum Gasteiger partial charge on any atom is 0.414 e. The summed E-state index contributed by atoms with van der Waals surface area (Å²) in [6, 6.07) is 3.69. The molecule has 1 aromatic rings. The molecule has 78 valence electrons. The van der Waals surface area contributed by atoms with E-state index in [4.69, 9.17) is 10.1 Å². The number of nitrogens with zero attached hydrogens (tertiary/aromatic N) is 1. The summed E-state index contributed by atoms with van der Waals surface area (Å²) >= 11 is 0. The molecule has 4 nitrogen and oxygen atoms in total. The normalized spacial score (nSPS) is 9.20. The summed E-state index contributed by atoms with van der Waals surface area (Å²) in [6.07, 6.45) is 3.40. The molecule has 0 aliphatic carbocycles. The molecule has 0 unspecified atom stereocenters. The molecule has 4 heteroatoms. The predicted molar refractivity (Wildman–Crippen MR) is 55.4 cm³/mol. The summed E-state index contributed by atoms with van der Waals surface area (Å²) in [6.45, 7) is 3.96. The Labute approximate surface area is 88.3 Å². The number of aromatic nitrogens is 1. The second kappa shape index (κ2) is 5.08. The Hall–Kier alpha value is -1.93. The molecule has 0 aliphatic rings. The minimum absolute atomic E-state index is 0.0804. The van der Waals surface area contributed by atoms with Crippen LogP contribution in [0.4, 0.5) is 0 Å². The molecule has 0 saturated heterocycles. The second-order valence-electron chi connectivity index (χ2n) is 2.98. The largest absolute Gasteiger partial charge is 0.457 e. The first-order valence-corrected chi connectivity index (χ1v) is 4.64. The van der Waals surface area contributed by atoms with Gasteiger partial charge in [-0.1, -0.05) is 0 Å². The highest BCUT2D eigenvalue weighted by Gasteiger charge is 2.21. The number of carbonyl (C=O) groups is 1. The quantitative estimate of drug-likeness (QED) is 0.345. The van der Waals surface area contributed by atoms with Crippen molar-refractivity contribution in [3.8, 4) is 0 Å². The molecule has 0 bridgehead atoms. The van der Waals surface area contributed by atoms with E-state index >= 15 is 0 Å². The molecule has 1 rings (SSSR count). The van der Waals surface area contributed by atoms with Gasteiger partial charge in [-0.2, -0.15) is 4.57 Å². The molecule has 0 aliphatic heterocycles. The molecule has 0 amide bonds. The van der Waals surface area contributed by atoms with Crippen molar-refractivity contribution in [2.45, 2.75) is 13.8 Å². The fraction of sp³-hybridized carbons (Fsp3) is 0.273. The topological polar surface area (TPSA) is 54.0 Å². The van der Waals surface area contributed by atoms with E-state index in [1.54, 1.807) is 19.3 Å². The molecule has 0 fully saturated rings. The highest BCUT2D eigenvalue weighted by atomic mass is 16.5. The van der Waals surface area contributed by atoms with Gasteiger partial charge in [-0.05, 0) is 19.4 Å². The van der Waals surface area contributed by atoms with E-state index in [1.807, 2.05) is 19.1 Å². The average Bonchev–Trinajstić information content (AvgIpc) is 2.22. The third kappa shape index (κ3) is 2.76. The lowest BCUT2D eigenvalue weighted by molar-refractivity contribution is -0.577. The Morgan fingerprint density at radius 2 is 2.13 bits per heavy atom. The molecule has 1 aromatic heterocycles. The zero-order chi connectivity index (χ0) is 11.3. The Morgan fingerprint density at radius 3 is 2.60 bits per heavy atom. The molecular formula is C11H13N2O2+. The molecule has 1 N–H and O–H groups in total. The number of esters is 1. The number of pyridine rings is 1. The van der Waals surface area contributed by atoms with Crippen molar-refractivity contribution in [2.24, 2.45) is 0 Å². The highest BCUT2D eigenvalue weighted by Crippen LogP contribution is 1.96. The van der Waals surface area contributed by atoms with Crippen molar-refractivity contribution in [1.82, 2.24) is 0 Å². The first-order valence-electron chi connectivity index (χ1n) is 4.64. The van der Waals surface area contributed by atoms with Gasteiger partial charge >= 0.3 is 11.7 Å². The molecule has 0 aromatic carbocycles. The van der Waals surface area contributed by atoms with Gasteiger partial charge in [-0.3, -0.25) is 5.41 Å². The van der Waals surface area contributed by atoms with Crippen molar-refractivity contribution in [3.63, 3.8) is 0 Å². The molecule has 0 saturated carbocycles. The maximum atomic E-state index is 11.4. The van der Waals surface area contributed by atoms with Crippen LogP contribution in [-0.4, -0.2) is 18.4 Å². The number of carbonyl (C=O) groups excluding carboxylic acids is 1. The minimum atomic E-state index is -0.540. The van der Waals surface area contributed by atoms with Crippen LogP contribution in [-0.2, 0) is 9.53 Å². The van der Waals surface area contributed by atoms with Crippen LogP contribution in [0, 0.1) is 12.3 Å². The third-order valence-electron chi connectivity index (χ3n) is 1.84. The van der Waals surface area contributed by atoms with Crippen LogP contribution in [0.5, 0.6) is 0 Å². The van der Waals surface area contributed by atoms with Gasteiger partial charge in [-0.15, -0.1) is 0 Å². The van der Waals surface area contributed by atoms with Crippen LogP contribution in [0.1, 0.15) is 12.5 Å². The van der Waals surface area contributed by atoms with Crippen LogP contribution in [0.25, 0.3) is 5.70 Å². The van der Waals surface area contributed by atoms with Gasteiger partial charge in [0.05, 0.1) is 12.5 Å². The maximum absolute atomic E-state index is 11.4. The fourth-order valence-corrected chi connectivity index (χ4v) is 1.07. The number of hydrogen-bond acceptors (Lipinski definition) is 3. The molecule has 0 atom stereocenters. The molecule has 1 heterocycles. The lowest BCUT2D eigenvalue weighted by Crippen LogP contribution is -2.36. The number of hydrogen-bond donors (Lipinski definition) is 1. The van der Waals surface area contributed by atoms with Crippen LogP contribution in [0.2, 0.25) is 0 Å². The molecule has 0 radical (unpaired) electrons. The van der Waals surface area contributed by atoms with E-state index in [0.29, 0.717) is 0 Å². The summed E-state index contributed by atoms with van der Waals surface area (Å²) in [5, 5.41) is 7.05. The molecular weight excluding hydrogens is 192 g/mol. The third-order valence-corrected chi connectivity index (χ3v) is 1.84. The summed E-state index contributed by atoms with van der Waals surface area (Å²) in [5.41, 5.74) is 1.16. The van der Waals surface area contributed by atoms with Crippen molar-refractivity contribution < 1.29 is 14.1 Å². The smallest absolute Gasteiger partial charge is 0.414 e. The number of aryl methyl sites for hydroxylation is 1. The van der Waals surface area contributed by atoms with E-state index < -0.39 is 5.97 Å². The zero-order valence-corrected chi connectivity index (χ0v) is 8.78. The van der Waals surface area contributed by atoms with Gasteiger partial charge < -0.3 is 4.74 Å². The Bertz CT molecular complexity index is 403. The van der Waals surface area contributed by atoms with Crippen LogP contribution < -0.4 is 4.57 Å². The molecule has 0 spiro atoms. The van der Waals surface area contributed by atoms with Crippen molar-refractivity contribution in [1.29, 1.82) is 5.41 Å². The zero-order valence-electron chi connectivity index (χ0n) is 8.78. The standard InChI is InChI=1S/C11H13N2O2/c1-3-15-11(14)10(8-12)13-6-4-9(2)5-7-13/h4-7,12H,3H2,1-2H3/q+1. The van der Waals surface area contributed by atoms with Crippen LogP contribution in [0.15, 0.2) is 24.5 Å². The number of rotatable bonds is 3. The van der Waals surface area contributed by atoms with Crippen molar-refractivity contribution in [2.75, 3.05) is 6.61 Å². The predicted octanol–water partition coefficient (Wildman–Crippen LogP) is 0.935. The van der Waals surface area contributed by atoms with E-state index in [2.05, 4.69) is 5.87 Å². The SMILES string of the molecule is CCOC(=O)C(=C=N)[n+]1ccc(C)cc1. The second-order valence-corrected chi connectivity index (χ2v) is 2.98. The Kier molecular flexibility index (Phi) is 3.77. The fourth-order valence-electron chi connectivity index (χ4n) is 1.07. The van der Waals surface area contributed by atoms with E-state index in [9.17, 15) is 4.79 Å². The Balaban J connectivity index is 2.99. The van der Waals surface area contributed by atoms with E-state index in [1.165, 1.54) is 4.57 Å². The van der Waals surface area contributed by atoms with Gasteiger partial charge in [0.15, 0.2) is 12.4 Å².